The van der Waals surface area contributed by atoms with Crippen molar-refractivity contribution in [3.8, 4) is 17.1 Å². The van der Waals surface area contributed by atoms with Crippen molar-refractivity contribution < 1.29 is 9.53 Å². The Bertz CT molecular complexity index is 787. The number of amides is 1. The van der Waals surface area contributed by atoms with Gasteiger partial charge in [0.05, 0.1) is 6.61 Å². The summed E-state index contributed by atoms with van der Waals surface area (Å²) in [4.78, 5) is 12.3. The summed E-state index contributed by atoms with van der Waals surface area (Å²) in [6.45, 7) is 11.4. The Balaban J connectivity index is 2.08. The van der Waals surface area contributed by atoms with Crippen LogP contribution in [-0.4, -0.2) is 33.3 Å². The number of hydrogen-bond donors (Lipinski definition) is 2. The molecule has 1 unspecified atom stereocenters. The van der Waals surface area contributed by atoms with Crippen LogP contribution in [0.4, 0.5) is 0 Å². The van der Waals surface area contributed by atoms with E-state index in [9.17, 15) is 4.79 Å². The maximum absolute atomic E-state index is 12.3. The predicted molar refractivity (Wildman–Crippen MR) is 106 cm³/mol. The van der Waals surface area contributed by atoms with E-state index in [4.69, 9.17) is 17.0 Å². The second-order valence-corrected chi connectivity index (χ2v) is 7.75. The van der Waals surface area contributed by atoms with E-state index in [0.29, 0.717) is 24.3 Å². The maximum atomic E-state index is 12.3. The van der Waals surface area contributed by atoms with Crippen molar-refractivity contribution in [1.82, 2.24) is 20.1 Å². The van der Waals surface area contributed by atoms with Crippen molar-refractivity contribution in [2.24, 2.45) is 5.41 Å². The molecule has 142 valence electrons. The summed E-state index contributed by atoms with van der Waals surface area (Å²) in [5, 5.41) is 10.2. The van der Waals surface area contributed by atoms with E-state index in [0.717, 1.165) is 17.1 Å². The van der Waals surface area contributed by atoms with Crippen molar-refractivity contribution in [2.75, 3.05) is 6.61 Å². The van der Waals surface area contributed by atoms with E-state index in [2.05, 4.69) is 36.3 Å². The van der Waals surface area contributed by atoms with E-state index in [1.54, 1.807) is 0 Å². The Morgan fingerprint density at radius 2 is 2.00 bits per heavy atom. The number of nitrogens with zero attached hydrogens (tertiary/aromatic N) is 2. The van der Waals surface area contributed by atoms with Gasteiger partial charge in [-0.1, -0.05) is 20.8 Å². The highest BCUT2D eigenvalue weighted by Crippen LogP contribution is 2.22. The average molecular weight is 377 g/mol. The fraction of sp³-hybridized carbons (Fsp3) is 0.526. The molecule has 1 aromatic heterocycles. The first-order valence-corrected chi connectivity index (χ1v) is 9.31. The van der Waals surface area contributed by atoms with E-state index < -0.39 is 0 Å². The molecule has 0 saturated carbocycles. The zero-order valence-electron chi connectivity index (χ0n) is 16.1. The number of benzene rings is 1. The molecule has 0 radical (unpaired) electrons. The van der Waals surface area contributed by atoms with Crippen molar-refractivity contribution in [3.05, 3.63) is 29.0 Å². The van der Waals surface area contributed by atoms with Crippen LogP contribution in [0.2, 0.25) is 0 Å². The lowest BCUT2D eigenvalue weighted by Crippen LogP contribution is -2.41. The first-order chi connectivity index (χ1) is 12.2. The van der Waals surface area contributed by atoms with Gasteiger partial charge in [-0.3, -0.25) is 14.5 Å². The summed E-state index contributed by atoms with van der Waals surface area (Å²) < 4.78 is 7.83. The van der Waals surface area contributed by atoms with Crippen LogP contribution in [-0.2, 0) is 11.3 Å². The molecule has 7 heteroatoms. The van der Waals surface area contributed by atoms with Crippen molar-refractivity contribution >= 4 is 18.1 Å². The molecule has 0 aliphatic rings. The first kappa shape index (κ1) is 20.2. The minimum absolute atomic E-state index is 0.00756. The number of aromatic amines is 1. The summed E-state index contributed by atoms with van der Waals surface area (Å²) in [6.07, 6.45) is 0.346. The van der Waals surface area contributed by atoms with Crippen LogP contribution < -0.4 is 10.1 Å². The standard InChI is InChI=1S/C19H28N4O2S/c1-6-25-15-9-7-14(8-10-15)17-21-22-18(26)23(17)12-11-16(24)20-13(2)19(3,4)5/h7-10,13H,6,11-12H2,1-5H3,(H,20,24)(H,22,26). The summed E-state index contributed by atoms with van der Waals surface area (Å²) >= 11 is 5.33. The number of nitrogens with one attached hydrogen (secondary N) is 2. The van der Waals surface area contributed by atoms with E-state index in [1.807, 2.05) is 42.7 Å². The van der Waals surface area contributed by atoms with Gasteiger partial charge in [-0.15, -0.1) is 0 Å². The third kappa shape index (κ3) is 5.17. The van der Waals surface area contributed by atoms with Gasteiger partial charge in [-0.25, -0.2) is 0 Å². The predicted octanol–water partition coefficient (Wildman–Crippen LogP) is 3.95. The Kier molecular flexibility index (Phi) is 6.58. The zero-order valence-corrected chi connectivity index (χ0v) is 16.9. The molecular weight excluding hydrogens is 348 g/mol. The van der Waals surface area contributed by atoms with Crippen molar-refractivity contribution in [2.45, 2.75) is 53.6 Å². The smallest absolute Gasteiger partial charge is 0.222 e. The second-order valence-electron chi connectivity index (χ2n) is 7.37. The largest absolute Gasteiger partial charge is 0.494 e. The highest BCUT2D eigenvalue weighted by molar-refractivity contribution is 7.71. The van der Waals surface area contributed by atoms with Crippen LogP contribution in [0.15, 0.2) is 24.3 Å². The average Bonchev–Trinajstić information content (AvgIpc) is 2.94. The molecule has 2 N–H and O–H groups in total. The van der Waals surface area contributed by atoms with Gasteiger partial charge in [-0.05, 0) is 55.7 Å². The number of H-pyrrole nitrogens is 1. The molecule has 1 heterocycles. The number of carbonyl (C=O) groups is 1. The number of hydrogen-bond acceptors (Lipinski definition) is 4. The molecule has 0 aliphatic carbocycles. The van der Waals surface area contributed by atoms with Gasteiger partial charge in [0, 0.05) is 24.6 Å². The van der Waals surface area contributed by atoms with Gasteiger partial charge < -0.3 is 10.1 Å². The van der Waals surface area contributed by atoms with Crippen LogP contribution in [0.25, 0.3) is 11.4 Å². The maximum Gasteiger partial charge on any atom is 0.222 e. The monoisotopic (exact) mass is 376 g/mol. The molecule has 0 saturated heterocycles. The number of ether oxygens (including phenoxy) is 1. The summed E-state index contributed by atoms with van der Waals surface area (Å²) in [7, 11) is 0. The van der Waals surface area contributed by atoms with Gasteiger partial charge >= 0.3 is 0 Å². The quantitative estimate of drug-likeness (QED) is 0.718. The Morgan fingerprint density at radius 1 is 1.35 bits per heavy atom. The van der Waals surface area contributed by atoms with Crippen LogP contribution in [0, 0.1) is 10.2 Å². The lowest BCUT2D eigenvalue weighted by Gasteiger charge is -2.28. The third-order valence-corrected chi connectivity index (χ3v) is 4.73. The molecule has 0 fully saturated rings. The van der Waals surface area contributed by atoms with Gasteiger partial charge in [0.15, 0.2) is 10.6 Å². The van der Waals surface area contributed by atoms with Crippen LogP contribution >= 0.6 is 12.2 Å². The number of rotatable bonds is 7. The fourth-order valence-electron chi connectivity index (χ4n) is 2.36. The first-order valence-electron chi connectivity index (χ1n) is 8.90. The topological polar surface area (TPSA) is 71.9 Å². The summed E-state index contributed by atoms with van der Waals surface area (Å²) in [5.74, 6) is 1.54. The van der Waals surface area contributed by atoms with Crippen LogP contribution in [0.1, 0.15) is 41.0 Å². The molecule has 1 atom stereocenters. The van der Waals surface area contributed by atoms with E-state index in [1.165, 1.54) is 0 Å². The molecule has 0 spiro atoms. The van der Waals surface area contributed by atoms with Crippen molar-refractivity contribution in [3.63, 3.8) is 0 Å². The summed E-state index contributed by atoms with van der Waals surface area (Å²) in [5.41, 5.74) is 0.944. The zero-order chi connectivity index (χ0) is 19.3. The van der Waals surface area contributed by atoms with Gasteiger partial charge in [0.2, 0.25) is 5.91 Å². The highest BCUT2D eigenvalue weighted by atomic mass is 32.1. The molecule has 0 bridgehead atoms. The van der Waals surface area contributed by atoms with E-state index in [-0.39, 0.29) is 17.4 Å². The molecule has 2 aromatic rings. The molecular formula is C19H28N4O2S. The molecule has 6 nitrogen and oxygen atoms in total. The lowest BCUT2D eigenvalue weighted by molar-refractivity contribution is -0.122. The Morgan fingerprint density at radius 3 is 2.58 bits per heavy atom. The third-order valence-electron chi connectivity index (χ3n) is 4.42. The molecule has 2 rings (SSSR count). The minimum atomic E-state index is 0.00756. The molecule has 0 aliphatic heterocycles. The van der Waals surface area contributed by atoms with Gasteiger partial charge in [0.1, 0.15) is 5.75 Å². The number of aromatic nitrogens is 3. The Hall–Kier alpha value is -2.15. The lowest BCUT2D eigenvalue weighted by atomic mass is 9.88. The second kappa shape index (κ2) is 8.49. The molecule has 1 aromatic carbocycles. The SMILES string of the molecule is CCOc1ccc(-c2n[nH]c(=S)n2CCC(=O)NC(C)C(C)(C)C)cc1. The highest BCUT2D eigenvalue weighted by Gasteiger charge is 2.21. The summed E-state index contributed by atoms with van der Waals surface area (Å²) in [6, 6.07) is 7.78. The normalized spacial score (nSPS) is 12.7. The molecule has 26 heavy (non-hydrogen) atoms. The van der Waals surface area contributed by atoms with Crippen LogP contribution in [0.5, 0.6) is 5.75 Å². The molecule has 1 amide bonds. The number of carbonyl (C=O) groups excluding carboxylic acids is 1. The van der Waals surface area contributed by atoms with E-state index >= 15 is 0 Å². The minimum Gasteiger partial charge on any atom is -0.494 e. The van der Waals surface area contributed by atoms with Crippen molar-refractivity contribution in [1.29, 1.82) is 0 Å². The van der Waals surface area contributed by atoms with Gasteiger partial charge in [-0.2, -0.15) is 5.10 Å². The van der Waals surface area contributed by atoms with Gasteiger partial charge in [0.25, 0.3) is 0 Å². The Labute approximate surface area is 160 Å². The van der Waals surface area contributed by atoms with Crippen LogP contribution in [0.3, 0.4) is 0 Å². The fourth-order valence-corrected chi connectivity index (χ4v) is 2.58.